The maximum Gasteiger partial charge on any atom is 0.335 e. The number of carbonyl (C=O) groups is 2. The van der Waals surface area contributed by atoms with Crippen molar-refractivity contribution in [2.45, 2.75) is 12.1 Å². The molecule has 0 radical (unpaired) electrons. The molecule has 1 aliphatic rings. The number of rotatable bonds is 6. The van der Waals surface area contributed by atoms with Crippen molar-refractivity contribution in [2.24, 2.45) is 0 Å². The van der Waals surface area contributed by atoms with Gasteiger partial charge in [0.2, 0.25) is 0 Å². The van der Waals surface area contributed by atoms with Crippen molar-refractivity contribution < 1.29 is 14.7 Å². The van der Waals surface area contributed by atoms with Crippen LogP contribution in [0.1, 0.15) is 38.3 Å². The first kappa shape index (κ1) is 19.6. The third-order valence-corrected chi connectivity index (χ3v) is 5.16. The van der Waals surface area contributed by atoms with Gasteiger partial charge in [-0.15, -0.1) is 0 Å². The molecule has 28 heavy (non-hydrogen) atoms. The number of carboxylic acid groups (broad SMARTS) is 1. The minimum absolute atomic E-state index is 0.172. The van der Waals surface area contributed by atoms with Crippen molar-refractivity contribution in [3.63, 3.8) is 0 Å². The van der Waals surface area contributed by atoms with E-state index in [1.54, 1.807) is 18.2 Å². The zero-order chi connectivity index (χ0) is 20.3. The number of hydrogen-bond donors (Lipinski definition) is 5. The van der Waals surface area contributed by atoms with Gasteiger partial charge < -0.3 is 15.7 Å². The average Bonchev–Trinajstić information content (AvgIpc) is 2.73. The molecule has 2 aromatic carbocycles. The number of fused-ring (bicyclic) bond motifs is 1. The van der Waals surface area contributed by atoms with E-state index in [-0.39, 0.29) is 11.5 Å². The van der Waals surface area contributed by atoms with Gasteiger partial charge in [-0.1, -0.05) is 12.1 Å². The number of nitrogens with one attached hydrogen (secondary N) is 4. The fourth-order valence-corrected chi connectivity index (χ4v) is 3.49. The molecule has 0 fully saturated rings. The standard InChI is InChI=1S/C21H24N4O3/c1-22-18-10-11-21(23-2,24-3)17-9-6-14(12-16(17)18)19(26)25-15-7-4-13(5-8-15)20(27)28/h4-10,12,22-24H,11H2,1-3H3,(H,25,26)(H,27,28). The van der Waals surface area contributed by atoms with E-state index in [1.165, 1.54) is 12.1 Å². The molecule has 0 aliphatic heterocycles. The molecule has 0 unspecified atom stereocenters. The van der Waals surface area contributed by atoms with Gasteiger partial charge in [-0.2, -0.15) is 0 Å². The summed E-state index contributed by atoms with van der Waals surface area (Å²) in [5, 5.41) is 21.7. The van der Waals surface area contributed by atoms with E-state index in [2.05, 4.69) is 27.3 Å². The molecule has 0 spiro atoms. The fourth-order valence-electron chi connectivity index (χ4n) is 3.49. The Balaban J connectivity index is 1.90. The summed E-state index contributed by atoms with van der Waals surface area (Å²) in [6.45, 7) is 0. The predicted molar refractivity (Wildman–Crippen MR) is 109 cm³/mol. The monoisotopic (exact) mass is 380 g/mol. The lowest BCUT2D eigenvalue weighted by atomic mass is 9.84. The van der Waals surface area contributed by atoms with E-state index in [0.717, 1.165) is 23.2 Å². The Morgan fingerprint density at radius 1 is 0.964 bits per heavy atom. The van der Waals surface area contributed by atoms with Crippen molar-refractivity contribution in [3.05, 3.63) is 70.8 Å². The summed E-state index contributed by atoms with van der Waals surface area (Å²) in [4.78, 5) is 23.7. The Hall–Kier alpha value is -3.16. The second-order valence-corrected chi connectivity index (χ2v) is 6.57. The van der Waals surface area contributed by atoms with E-state index in [4.69, 9.17) is 5.11 Å². The second kappa shape index (κ2) is 7.84. The van der Waals surface area contributed by atoms with Crippen molar-refractivity contribution >= 4 is 23.3 Å². The zero-order valence-corrected chi connectivity index (χ0v) is 16.1. The molecule has 146 valence electrons. The third kappa shape index (κ3) is 3.49. The highest BCUT2D eigenvalue weighted by Gasteiger charge is 2.34. The van der Waals surface area contributed by atoms with Crippen molar-refractivity contribution in [3.8, 4) is 0 Å². The Kier molecular flexibility index (Phi) is 5.48. The maximum atomic E-state index is 12.7. The van der Waals surface area contributed by atoms with E-state index in [9.17, 15) is 9.59 Å². The summed E-state index contributed by atoms with van der Waals surface area (Å²) in [6.07, 6.45) is 2.87. The van der Waals surface area contributed by atoms with Crippen LogP contribution in [-0.4, -0.2) is 38.1 Å². The van der Waals surface area contributed by atoms with E-state index in [1.807, 2.05) is 33.3 Å². The van der Waals surface area contributed by atoms with E-state index >= 15 is 0 Å². The first-order valence-electron chi connectivity index (χ1n) is 8.99. The minimum atomic E-state index is -1.00. The summed E-state index contributed by atoms with van der Waals surface area (Å²) in [7, 11) is 5.66. The van der Waals surface area contributed by atoms with Crippen molar-refractivity contribution in [2.75, 3.05) is 26.5 Å². The quantitative estimate of drug-likeness (QED) is 0.493. The number of carboxylic acids is 1. The minimum Gasteiger partial charge on any atom is -0.478 e. The summed E-state index contributed by atoms with van der Waals surface area (Å²) in [5.41, 5.74) is 3.82. The SMILES string of the molecule is CNC1=CCC(NC)(NC)c2ccc(C(=O)Nc3ccc(C(=O)O)cc3)cc21. The molecule has 1 aliphatic carbocycles. The van der Waals surface area contributed by atoms with Crippen LogP contribution in [0, 0.1) is 0 Å². The van der Waals surface area contributed by atoms with Crippen molar-refractivity contribution in [1.82, 2.24) is 16.0 Å². The van der Waals surface area contributed by atoms with Crippen LogP contribution in [0.4, 0.5) is 5.69 Å². The van der Waals surface area contributed by atoms with Gasteiger partial charge in [-0.05, 0) is 56.1 Å². The number of aromatic carboxylic acids is 1. The second-order valence-electron chi connectivity index (χ2n) is 6.57. The van der Waals surface area contributed by atoms with Gasteiger partial charge >= 0.3 is 5.97 Å². The van der Waals surface area contributed by atoms with Gasteiger partial charge in [-0.3, -0.25) is 15.4 Å². The van der Waals surface area contributed by atoms with Crippen LogP contribution < -0.4 is 21.3 Å². The number of benzene rings is 2. The first-order chi connectivity index (χ1) is 13.4. The van der Waals surface area contributed by atoms with Gasteiger partial charge in [0.15, 0.2) is 0 Å². The van der Waals surface area contributed by atoms with Gasteiger partial charge in [0.25, 0.3) is 5.91 Å². The number of anilines is 1. The summed E-state index contributed by atoms with van der Waals surface area (Å²) in [6, 6.07) is 11.7. The van der Waals surface area contributed by atoms with E-state index in [0.29, 0.717) is 11.3 Å². The Bertz CT molecular complexity index is 931. The van der Waals surface area contributed by atoms with Gasteiger partial charge in [0.1, 0.15) is 0 Å². The number of hydrogen-bond acceptors (Lipinski definition) is 5. The molecule has 7 nitrogen and oxygen atoms in total. The highest BCUT2D eigenvalue weighted by molar-refractivity contribution is 6.05. The molecular formula is C21H24N4O3. The largest absolute Gasteiger partial charge is 0.478 e. The molecule has 0 saturated carbocycles. The van der Waals surface area contributed by atoms with Crippen LogP contribution >= 0.6 is 0 Å². The fraction of sp³-hybridized carbons (Fsp3) is 0.238. The Labute approximate surface area is 163 Å². The first-order valence-corrected chi connectivity index (χ1v) is 8.99. The van der Waals surface area contributed by atoms with E-state index < -0.39 is 11.6 Å². The molecule has 3 rings (SSSR count). The summed E-state index contributed by atoms with van der Waals surface area (Å²) in [5.74, 6) is -1.26. The normalized spacial score (nSPS) is 14.6. The smallest absolute Gasteiger partial charge is 0.335 e. The van der Waals surface area contributed by atoms with Crippen molar-refractivity contribution in [1.29, 1.82) is 0 Å². The third-order valence-electron chi connectivity index (χ3n) is 5.16. The molecule has 0 atom stereocenters. The predicted octanol–water partition coefficient (Wildman–Crippen LogP) is 2.19. The molecular weight excluding hydrogens is 356 g/mol. The van der Waals surface area contributed by atoms with Gasteiger partial charge in [-0.25, -0.2) is 4.79 Å². The average molecular weight is 380 g/mol. The number of carbonyl (C=O) groups excluding carboxylic acids is 1. The highest BCUT2D eigenvalue weighted by Crippen LogP contribution is 2.35. The lowest BCUT2D eigenvalue weighted by Crippen LogP contribution is -2.52. The molecule has 0 heterocycles. The highest BCUT2D eigenvalue weighted by atomic mass is 16.4. The number of amides is 1. The topological polar surface area (TPSA) is 102 Å². The lowest BCUT2D eigenvalue weighted by Gasteiger charge is -2.38. The molecule has 5 N–H and O–H groups in total. The van der Waals surface area contributed by atoms with Gasteiger partial charge in [0, 0.05) is 36.0 Å². The molecule has 0 bridgehead atoms. The maximum absolute atomic E-state index is 12.7. The summed E-state index contributed by atoms with van der Waals surface area (Å²) < 4.78 is 0. The molecule has 1 amide bonds. The Morgan fingerprint density at radius 2 is 1.61 bits per heavy atom. The molecule has 7 heteroatoms. The van der Waals surface area contributed by atoms with Crippen LogP contribution in [0.25, 0.3) is 5.70 Å². The van der Waals surface area contributed by atoms with Crippen LogP contribution in [0.2, 0.25) is 0 Å². The van der Waals surface area contributed by atoms with Crippen LogP contribution in [0.3, 0.4) is 0 Å². The zero-order valence-electron chi connectivity index (χ0n) is 16.1. The lowest BCUT2D eigenvalue weighted by molar-refractivity contribution is 0.0696. The molecule has 2 aromatic rings. The van der Waals surface area contributed by atoms with Crippen LogP contribution in [0.5, 0.6) is 0 Å². The van der Waals surface area contributed by atoms with Crippen LogP contribution in [0.15, 0.2) is 48.5 Å². The molecule has 0 saturated heterocycles. The Morgan fingerprint density at radius 3 is 2.18 bits per heavy atom. The van der Waals surface area contributed by atoms with Gasteiger partial charge in [0.05, 0.1) is 11.2 Å². The summed E-state index contributed by atoms with van der Waals surface area (Å²) >= 11 is 0. The molecule has 0 aromatic heterocycles. The van der Waals surface area contributed by atoms with Crippen LogP contribution in [-0.2, 0) is 5.66 Å².